The lowest BCUT2D eigenvalue weighted by molar-refractivity contribution is -0.134. The number of nitrogens with zero attached hydrogens (tertiary/aromatic N) is 2. The van der Waals surface area contributed by atoms with Gasteiger partial charge in [-0.15, -0.1) is 0 Å². The number of carbonyl (C=O) groups excluding carboxylic acids is 2. The molecule has 176 valence electrons. The number of ether oxygens (including phenoxy) is 1. The molecule has 0 saturated carbocycles. The Balaban J connectivity index is 1.39. The average Bonchev–Trinajstić information content (AvgIpc) is 3.20. The van der Waals surface area contributed by atoms with Crippen LogP contribution in [0.3, 0.4) is 0 Å². The van der Waals surface area contributed by atoms with Crippen LogP contribution in [0.5, 0.6) is 5.75 Å². The smallest absolute Gasteiger partial charge is 0.223 e. The third kappa shape index (κ3) is 5.29. The van der Waals surface area contributed by atoms with Crippen molar-refractivity contribution in [1.29, 1.82) is 0 Å². The first kappa shape index (κ1) is 23.1. The predicted molar refractivity (Wildman–Crippen MR) is 126 cm³/mol. The number of amides is 2. The van der Waals surface area contributed by atoms with Crippen molar-refractivity contribution in [1.82, 2.24) is 10.2 Å². The van der Waals surface area contributed by atoms with E-state index in [1.165, 1.54) is 18.9 Å². The number of anilines is 1. The number of carbonyl (C=O) groups is 2. The van der Waals surface area contributed by atoms with Crippen molar-refractivity contribution < 1.29 is 18.7 Å². The van der Waals surface area contributed by atoms with E-state index >= 15 is 0 Å². The molecule has 2 aliphatic rings. The van der Waals surface area contributed by atoms with Crippen LogP contribution in [0.1, 0.15) is 38.2 Å². The molecule has 2 aliphatic heterocycles. The molecule has 4 rings (SSSR count). The van der Waals surface area contributed by atoms with Crippen LogP contribution < -0.4 is 15.0 Å². The maximum absolute atomic E-state index is 14.6. The number of hydrogen-bond acceptors (Lipinski definition) is 4. The molecule has 2 amide bonds. The van der Waals surface area contributed by atoms with Gasteiger partial charge in [0.1, 0.15) is 11.6 Å². The second kappa shape index (κ2) is 9.81. The molecule has 6 nitrogen and oxygen atoms in total. The van der Waals surface area contributed by atoms with Gasteiger partial charge in [-0.3, -0.25) is 9.59 Å². The highest BCUT2D eigenvalue weighted by Crippen LogP contribution is 2.32. The van der Waals surface area contributed by atoms with Crippen molar-refractivity contribution in [3.63, 3.8) is 0 Å². The van der Waals surface area contributed by atoms with E-state index in [2.05, 4.69) is 29.3 Å². The summed E-state index contributed by atoms with van der Waals surface area (Å²) >= 11 is 0. The number of methoxy groups -OCH3 is 1. The van der Waals surface area contributed by atoms with Gasteiger partial charge in [-0.05, 0) is 49.9 Å². The van der Waals surface area contributed by atoms with Gasteiger partial charge in [0.25, 0.3) is 0 Å². The van der Waals surface area contributed by atoms with Crippen molar-refractivity contribution in [2.45, 2.75) is 50.6 Å². The summed E-state index contributed by atoms with van der Waals surface area (Å²) in [7, 11) is 1.50. The highest BCUT2D eigenvalue weighted by Gasteiger charge is 2.39. The Labute approximate surface area is 194 Å². The van der Waals surface area contributed by atoms with E-state index in [1.807, 2.05) is 23.1 Å². The summed E-state index contributed by atoms with van der Waals surface area (Å²) in [6, 6.07) is 15.1. The van der Waals surface area contributed by atoms with Crippen molar-refractivity contribution in [3.05, 3.63) is 59.9 Å². The Bertz CT molecular complexity index is 1000. The third-order valence-electron chi connectivity index (χ3n) is 6.91. The molecule has 0 spiro atoms. The fourth-order valence-corrected chi connectivity index (χ4v) is 5.04. The van der Waals surface area contributed by atoms with E-state index in [9.17, 15) is 14.0 Å². The molecule has 0 aromatic heterocycles. The lowest BCUT2D eigenvalue weighted by atomic mass is 9.84. The van der Waals surface area contributed by atoms with Crippen LogP contribution in [-0.2, 0) is 16.0 Å². The van der Waals surface area contributed by atoms with E-state index in [-0.39, 0.29) is 23.7 Å². The van der Waals surface area contributed by atoms with Gasteiger partial charge in [0.05, 0.1) is 7.11 Å². The Morgan fingerprint density at radius 3 is 2.64 bits per heavy atom. The monoisotopic (exact) mass is 453 g/mol. The van der Waals surface area contributed by atoms with Crippen LogP contribution in [0.4, 0.5) is 10.1 Å². The quantitative estimate of drug-likeness (QED) is 0.697. The van der Waals surface area contributed by atoms with Crippen molar-refractivity contribution in [2.75, 3.05) is 31.6 Å². The van der Waals surface area contributed by atoms with Crippen LogP contribution >= 0.6 is 0 Å². The zero-order valence-electron chi connectivity index (χ0n) is 19.4. The zero-order chi connectivity index (χ0) is 23.4. The summed E-state index contributed by atoms with van der Waals surface area (Å²) in [5.74, 6) is 0.151. The van der Waals surface area contributed by atoms with Gasteiger partial charge in [0, 0.05) is 55.8 Å². The van der Waals surface area contributed by atoms with Gasteiger partial charge in [0.15, 0.2) is 0 Å². The number of para-hydroxylation sites is 1. The molecule has 2 heterocycles. The summed E-state index contributed by atoms with van der Waals surface area (Å²) in [5.41, 5.74) is 1.10. The summed E-state index contributed by atoms with van der Waals surface area (Å²) in [6.45, 7) is 4.32. The minimum atomic E-state index is -0.600. The minimum Gasteiger partial charge on any atom is -0.497 e. The highest BCUT2D eigenvalue weighted by molar-refractivity contribution is 5.80. The molecule has 1 N–H and O–H groups in total. The molecule has 7 heteroatoms. The lowest BCUT2D eigenvalue weighted by Gasteiger charge is -2.41. The summed E-state index contributed by atoms with van der Waals surface area (Å²) in [6.07, 6.45) is 2.18. The van der Waals surface area contributed by atoms with E-state index in [0.717, 1.165) is 13.1 Å². The molecule has 2 aromatic carbocycles. The number of hydrogen-bond donors (Lipinski definition) is 1. The number of rotatable bonds is 7. The van der Waals surface area contributed by atoms with E-state index < -0.39 is 5.54 Å². The second-order valence-electron chi connectivity index (χ2n) is 9.18. The molecule has 0 radical (unpaired) electrons. The van der Waals surface area contributed by atoms with Gasteiger partial charge < -0.3 is 19.9 Å². The molecular formula is C26H32FN3O3. The summed E-state index contributed by atoms with van der Waals surface area (Å²) in [4.78, 5) is 29.5. The first-order valence-corrected chi connectivity index (χ1v) is 11.6. The van der Waals surface area contributed by atoms with E-state index in [4.69, 9.17) is 4.74 Å². The van der Waals surface area contributed by atoms with Crippen LogP contribution in [-0.4, -0.2) is 55.0 Å². The first-order chi connectivity index (χ1) is 15.9. The molecule has 0 bridgehead atoms. The SMILES string of the molecule is COc1ccc(CC2(CCC(=O)N3CCN(c4ccccc4)CC3C)CCC(=O)N2)c(F)c1. The minimum absolute atomic E-state index is 0.0405. The van der Waals surface area contributed by atoms with Gasteiger partial charge in [0.2, 0.25) is 11.8 Å². The standard InChI is InChI=1S/C26H32FN3O3/c1-19-18-29(21-6-4-3-5-7-21)14-15-30(19)25(32)11-13-26(12-10-24(31)28-26)17-20-8-9-22(33-2)16-23(20)27/h3-9,16,19H,10-15,17-18H2,1-2H3,(H,28,31). The molecule has 2 atom stereocenters. The normalized spacial score (nSPS) is 22.9. The Kier molecular flexibility index (Phi) is 6.86. The van der Waals surface area contributed by atoms with E-state index in [0.29, 0.717) is 50.0 Å². The Hall–Kier alpha value is -3.09. The summed E-state index contributed by atoms with van der Waals surface area (Å²) < 4.78 is 19.7. The second-order valence-corrected chi connectivity index (χ2v) is 9.18. The van der Waals surface area contributed by atoms with Gasteiger partial charge in [-0.1, -0.05) is 24.3 Å². The Morgan fingerprint density at radius 1 is 1.21 bits per heavy atom. The van der Waals surface area contributed by atoms with Crippen LogP contribution in [0, 0.1) is 5.82 Å². The topological polar surface area (TPSA) is 61.9 Å². The molecule has 2 saturated heterocycles. The first-order valence-electron chi connectivity index (χ1n) is 11.6. The molecule has 33 heavy (non-hydrogen) atoms. The van der Waals surface area contributed by atoms with Gasteiger partial charge in [-0.25, -0.2) is 4.39 Å². The largest absolute Gasteiger partial charge is 0.497 e. The van der Waals surface area contributed by atoms with Crippen LogP contribution in [0.25, 0.3) is 0 Å². The fraction of sp³-hybridized carbons (Fsp3) is 0.462. The van der Waals surface area contributed by atoms with Gasteiger partial charge >= 0.3 is 0 Å². The predicted octanol–water partition coefficient (Wildman–Crippen LogP) is 3.54. The number of halogens is 1. The van der Waals surface area contributed by atoms with Gasteiger partial charge in [-0.2, -0.15) is 0 Å². The molecule has 0 aliphatic carbocycles. The summed E-state index contributed by atoms with van der Waals surface area (Å²) in [5, 5.41) is 3.05. The molecular weight excluding hydrogens is 421 g/mol. The number of benzene rings is 2. The molecule has 2 fully saturated rings. The maximum Gasteiger partial charge on any atom is 0.223 e. The van der Waals surface area contributed by atoms with Crippen molar-refractivity contribution in [2.24, 2.45) is 0 Å². The van der Waals surface area contributed by atoms with E-state index in [1.54, 1.807) is 12.1 Å². The van der Waals surface area contributed by atoms with Crippen LogP contribution in [0.2, 0.25) is 0 Å². The lowest BCUT2D eigenvalue weighted by Crippen LogP contribution is -2.54. The number of piperazine rings is 1. The zero-order valence-corrected chi connectivity index (χ0v) is 19.4. The highest BCUT2D eigenvalue weighted by atomic mass is 19.1. The average molecular weight is 454 g/mol. The molecule has 2 unspecified atom stereocenters. The van der Waals surface area contributed by atoms with Crippen molar-refractivity contribution >= 4 is 17.5 Å². The maximum atomic E-state index is 14.6. The van der Waals surface area contributed by atoms with Crippen LogP contribution in [0.15, 0.2) is 48.5 Å². The van der Waals surface area contributed by atoms with Crippen molar-refractivity contribution in [3.8, 4) is 5.75 Å². The number of nitrogens with one attached hydrogen (secondary N) is 1. The fourth-order valence-electron chi connectivity index (χ4n) is 5.04. The Morgan fingerprint density at radius 2 is 2.00 bits per heavy atom. The third-order valence-corrected chi connectivity index (χ3v) is 6.91. The molecule has 2 aromatic rings.